The maximum absolute atomic E-state index is 11.9. The van der Waals surface area contributed by atoms with Crippen molar-refractivity contribution < 1.29 is 4.79 Å². The van der Waals surface area contributed by atoms with E-state index >= 15 is 0 Å². The molecule has 0 atom stereocenters. The summed E-state index contributed by atoms with van der Waals surface area (Å²) in [4.78, 5) is 16.6. The number of hydrogen-bond donors (Lipinski definition) is 0. The average Bonchev–Trinajstić information content (AvgIpc) is 2.86. The molecule has 2 rings (SSSR count). The normalized spacial score (nSPS) is 10.6. The minimum Gasteiger partial charge on any atom is -0.293 e. The molecule has 16 heavy (non-hydrogen) atoms. The first-order valence-corrected chi connectivity index (χ1v) is 6.05. The van der Waals surface area contributed by atoms with E-state index in [2.05, 4.69) is 10.1 Å². The molecule has 0 fully saturated rings. The first-order valence-electron chi connectivity index (χ1n) is 4.86. The second-order valence-corrected chi connectivity index (χ2v) is 4.91. The molecular weight excluding hydrogens is 246 g/mol. The van der Waals surface area contributed by atoms with Crippen LogP contribution in [-0.2, 0) is 13.0 Å². The van der Waals surface area contributed by atoms with E-state index in [4.69, 9.17) is 11.6 Å². The van der Waals surface area contributed by atoms with E-state index in [0.29, 0.717) is 21.6 Å². The Morgan fingerprint density at radius 2 is 2.38 bits per heavy atom. The SMILES string of the molecule is CCn1ncnc1CC(=O)c1ccc(Cl)s1. The van der Waals surface area contributed by atoms with Crippen molar-refractivity contribution in [2.75, 3.05) is 0 Å². The van der Waals surface area contributed by atoms with Gasteiger partial charge in [-0.2, -0.15) is 5.10 Å². The van der Waals surface area contributed by atoms with Crippen LogP contribution in [0.2, 0.25) is 4.34 Å². The van der Waals surface area contributed by atoms with Crippen LogP contribution in [0.25, 0.3) is 0 Å². The molecule has 0 aliphatic heterocycles. The Bertz CT molecular complexity index is 506. The number of nitrogens with zero attached hydrogens (tertiary/aromatic N) is 3. The van der Waals surface area contributed by atoms with E-state index < -0.39 is 0 Å². The molecule has 0 bridgehead atoms. The van der Waals surface area contributed by atoms with Gasteiger partial charge < -0.3 is 0 Å². The molecule has 0 aliphatic carbocycles. The summed E-state index contributed by atoms with van der Waals surface area (Å²) in [6.45, 7) is 2.68. The van der Waals surface area contributed by atoms with Gasteiger partial charge in [-0.25, -0.2) is 9.67 Å². The Morgan fingerprint density at radius 1 is 1.56 bits per heavy atom. The zero-order valence-corrected chi connectivity index (χ0v) is 10.3. The lowest BCUT2D eigenvalue weighted by Crippen LogP contribution is -2.09. The summed E-state index contributed by atoms with van der Waals surface area (Å²) in [6, 6.07) is 3.46. The third kappa shape index (κ3) is 2.31. The van der Waals surface area contributed by atoms with Crippen molar-refractivity contribution in [3.63, 3.8) is 0 Å². The van der Waals surface area contributed by atoms with Gasteiger partial charge >= 0.3 is 0 Å². The van der Waals surface area contributed by atoms with Crippen LogP contribution in [0, 0.1) is 0 Å². The van der Waals surface area contributed by atoms with E-state index in [1.165, 1.54) is 17.7 Å². The van der Waals surface area contributed by atoms with E-state index in [1.54, 1.807) is 16.8 Å². The summed E-state index contributed by atoms with van der Waals surface area (Å²) in [6.07, 6.45) is 1.73. The van der Waals surface area contributed by atoms with Crippen LogP contribution in [0.15, 0.2) is 18.5 Å². The molecule has 0 aromatic carbocycles. The number of ketones is 1. The van der Waals surface area contributed by atoms with E-state index in [9.17, 15) is 4.79 Å². The van der Waals surface area contributed by atoms with Gasteiger partial charge in [-0.15, -0.1) is 11.3 Å². The Balaban J connectivity index is 2.13. The minimum atomic E-state index is 0.0274. The molecule has 4 nitrogen and oxygen atoms in total. The second-order valence-electron chi connectivity index (χ2n) is 3.20. The van der Waals surface area contributed by atoms with Crippen LogP contribution in [0.4, 0.5) is 0 Å². The molecule has 0 aliphatic rings. The van der Waals surface area contributed by atoms with Gasteiger partial charge in [0.15, 0.2) is 5.78 Å². The Kier molecular flexibility index (Phi) is 3.36. The molecule has 84 valence electrons. The van der Waals surface area contributed by atoms with Gasteiger partial charge in [0, 0.05) is 6.54 Å². The molecule has 0 unspecified atom stereocenters. The molecule has 0 radical (unpaired) electrons. The highest BCUT2D eigenvalue weighted by Crippen LogP contribution is 2.22. The van der Waals surface area contributed by atoms with Gasteiger partial charge in [0.2, 0.25) is 0 Å². The van der Waals surface area contributed by atoms with E-state index in [1.807, 2.05) is 6.92 Å². The highest BCUT2D eigenvalue weighted by atomic mass is 35.5. The number of halogens is 1. The predicted molar refractivity (Wildman–Crippen MR) is 63.1 cm³/mol. The van der Waals surface area contributed by atoms with Crippen LogP contribution in [-0.4, -0.2) is 20.5 Å². The van der Waals surface area contributed by atoms with Crippen molar-refractivity contribution in [3.05, 3.63) is 33.5 Å². The summed E-state index contributed by atoms with van der Waals surface area (Å²) < 4.78 is 2.34. The van der Waals surface area contributed by atoms with Crippen LogP contribution in [0.3, 0.4) is 0 Å². The molecule has 6 heteroatoms. The lowest BCUT2D eigenvalue weighted by atomic mass is 10.2. The standard InChI is InChI=1S/C10H10ClN3OS/c1-2-14-10(12-6-13-14)5-7(15)8-3-4-9(11)16-8/h3-4,6H,2,5H2,1H3. The molecule has 2 heterocycles. The molecule has 0 saturated heterocycles. The number of aromatic nitrogens is 3. The average molecular weight is 256 g/mol. The fourth-order valence-corrected chi connectivity index (χ4v) is 2.36. The zero-order chi connectivity index (χ0) is 11.5. The number of carbonyl (C=O) groups is 1. The van der Waals surface area contributed by atoms with Crippen LogP contribution >= 0.6 is 22.9 Å². The van der Waals surface area contributed by atoms with Crippen molar-refractivity contribution in [1.29, 1.82) is 0 Å². The third-order valence-electron chi connectivity index (χ3n) is 2.16. The number of Topliss-reactive ketones (excluding diaryl/α,β-unsaturated/α-hetero) is 1. The third-order valence-corrected chi connectivity index (χ3v) is 3.43. The minimum absolute atomic E-state index is 0.0274. The smallest absolute Gasteiger partial charge is 0.180 e. The van der Waals surface area contributed by atoms with Crippen molar-refractivity contribution in [2.45, 2.75) is 19.9 Å². The molecule has 2 aromatic rings. The number of thiophene rings is 1. The van der Waals surface area contributed by atoms with Gasteiger partial charge in [-0.3, -0.25) is 4.79 Å². The van der Waals surface area contributed by atoms with Crippen molar-refractivity contribution >= 4 is 28.7 Å². The number of aryl methyl sites for hydroxylation is 1. The molecule has 0 N–H and O–H groups in total. The van der Waals surface area contributed by atoms with Crippen molar-refractivity contribution in [2.24, 2.45) is 0 Å². The Morgan fingerprint density at radius 3 is 3.00 bits per heavy atom. The van der Waals surface area contributed by atoms with Crippen molar-refractivity contribution in [3.8, 4) is 0 Å². The molecule has 0 saturated carbocycles. The quantitative estimate of drug-likeness (QED) is 0.789. The summed E-state index contributed by atoms with van der Waals surface area (Å²) in [5, 5.41) is 4.02. The van der Waals surface area contributed by atoms with E-state index in [-0.39, 0.29) is 12.2 Å². The summed E-state index contributed by atoms with van der Waals surface area (Å²) in [5.74, 6) is 0.719. The van der Waals surface area contributed by atoms with Gasteiger partial charge in [0.25, 0.3) is 0 Å². The molecule has 0 amide bonds. The fraction of sp³-hybridized carbons (Fsp3) is 0.300. The Labute approximate surface area is 102 Å². The van der Waals surface area contributed by atoms with Gasteiger partial charge in [-0.1, -0.05) is 11.6 Å². The first-order chi connectivity index (χ1) is 7.70. The predicted octanol–water partition coefficient (Wildman–Crippen LogP) is 2.44. The zero-order valence-electron chi connectivity index (χ0n) is 8.68. The highest BCUT2D eigenvalue weighted by Gasteiger charge is 2.13. The fourth-order valence-electron chi connectivity index (χ4n) is 1.38. The maximum Gasteiger partial charge on any atom is 0.180 e. The summed E-state index contributed by atoms with van der Waals surface area (Å²) in [7, 11) is 0. The topological polar surface area (TPSA) is 47.8 Å². The second kappa shape index (κ2) is 4.76. The van der Waals surface area contributed by atoms with Crippen LogP contribution in [0.5, 0.6) is 0 Å². The number of hydrogen-bond acceptors (Lipinski definition) is 4. The molecule has 0 spiro atoms. The summed E-state index contributed by atoms with van der Waals surface area (Å²) in [5.41, 5.74) is 0. The van der Waals surface area contributed by atoms with Gasteiger partial charge in [0.1, 0.15) is 12.2 Å². The lowest BCUT2D eigenvalue weighted by Gasteiger charge is -2.00. The van der Waals surface area contributed by atoms with Gasteiger partial charge in [-0.05, 0) is 19.1 Å². The Hall–Kier alpha value is -1.20. The monoisotopic (exact) mass is 255 g/mol. The number of rotatable bonds is 4. The lowest BCUT2D eigenvalue weighted by molar-refractivity contribution is 0.0993. The first kappa shape index (κ1) is 11.3. The summed E-state index contributed by atoms with van der Waals surface area (Å²) >= 11 is 7.07. The number of carbonyl (C=O) groups excluding carboxylic acids is 1. The highest BCUT2D eigenvalue weighted by molar-refractivity contribution is 7.18. The molecular formula is C10H10ClN3OS. The molecule has 2 aromatic heterocycles. The van der Waals surface area contributed by atoms with Crippen molar-refractivity contribution in [1.82, 2.24) is 14.8 Å². The maximum atomic E-state index is 11.9. The van der Waals surface area contributed by atoms with E-state index in [0.717, 1.165) is 0 Å². The van der Waals surface area contributed by atoms with Crippen LogP contribution < -0.4 is 0 Å². The van der Waals surface area contributed by atoms with Gasteiger partial charge in [0.05, 0.1) is 15.6 Å². The largest absolute Gasteiger partial charge is 0.293 e. The van der Waals surface area contributed by atoms with Crippen LogP contribution in [0.1, 0.15) is 22.4 Å².